The molecule has 0 spiro atoms. The van der Waals surface area contributed by atoms with Crippen LogP contribution in [0.5, 0.6) is 11.5 Å². The third-order valence-electron chi connectivity index (χ3n) is 1.66. The van der Waals surface area contributed by atoms with Gasteiger partial charge in [0.1, 0.15) is 17.6 Å². The lowest BCUT2D eigenvalue weighted by molar-refractivity contribution is -0.139. The third kappa shape index (κ3) is 2.88. The first kappa shape index (κ1) is 10.9. The van der Waals surface area contributed by atoms with Crippen molar-refractivity contribution in [3.8, 4) is 17.6 Å². The minimum Gasteiger partial charge on any atom is -0.497 e. The van der Waals surface area contributed by atoms with Crippen molar-refractivity contribution in [1.82, 2.24) is 0 Å². The molecule has 1 rings (SSSR count). The van der Waals surface area contributed by atoms with Gasteiger partial charge in [-0.25, -0.2) is 4.79 Å². The quantitative estimate of drug-likeness (QED) is 0.797. The molecule has 1 aromatic carbocycles. The van der Waals surface area contributed by atoms with E-state index in [1.807, 2.05) is 6.07 Å². The Labute approximate surface area is 86.5 Å². The second-order valence-corrected chi connectivity index (χ2v) is 2.66. The monoisotopic (exact) mass is 207 g/mol. The Morgan fingerprint density at radius 1 is 1.60 bits per heavy atom. The highest BCUT2D eigenvalue weighted by atomic mass is 16.5. The number of ether oxygens (including phenoxy) is 2. The third-order valence-corrected chi connectivity index (χ3v) is 1.66. The van der Waals surface area contributed by atoms with E-state index in [4.69, 9.17) is 19.8 Å². The lowest BCUT2D eigenvalue weighted by atomic mass is 10.2. The van der Waals surface area contributed by atoms with E-state index in [-0.39, 0.29) is 11.3 Å². The first-order valence-corrected chi connectivity index (χ1v) is 4.10. The Morgan fingerprint density at radius 2 is 2.33 bits per heavy atom. The van der Waals surface area contributed by atoms with Crippen molar-refractivity contribution in [3.63, 3.8) is 0 Å². The standard InChI is InChI=1S/C10H9NO4/c1-14-8-3-2-7(5-11)9(4-8)15-6-10(12)13/h2-4H,6H2,1H3,(H,12,13). The number of methoxy groups -OCH3 is 1. The maximum atomic E-state index is 10.3. The van der Waals surface area contributed by atoms with Gasteiger partial charge < -0.3 is 14.6 Å². The molecular formula is C10H9NO4. The van der Waals surface area contributed by atoms with E-state index in [9.17, 15) is 4.79 Å². The summed E-state index contributed by atoms with van der Waals surface area (Å²) in [4.78, 5) is 10.3. The fourth-order valence-electron chi connectivity index (χ4n) is 0.981. The zero-order valence-electron chi connectivity index (χ0n) is 8.06. The topological polar surface area (TPSA) is 79.5 Å². The number of carbonyl (C=O) groups is 1. The van der Waals surface area contributed by atoms with Crippen LogP contribution in [-0.2, 0) is 4.79 Å². The summed E-state index contributed by atoms with van der Waals surface area (Å²) in [5.74, 6) is -0.379. The molecule has 1 N–H and O–H groups in total. The van der Waals surface area contributed by atoms with Gasteiger partial charge in [0.2, 0.25) is 0 Å². The molecule has 0 aliphatic carbocycles. The molecule has 0 amide bonds. The van der Waals surface area contributed by atoms with Gasteiger partial charge >= 0.3 is 5.97 Å². The van der Waals surface area contributed by atoms with E-state index in [0.717, 1.165) is 0 Å². The molecule has 5 nitrogen and oxygen atoms in total. The predicted molar refractivity (Wildman–Crippen MR) is 50.8 cm³/mol. The maximum Gasteiger partial charge on any atom is 0.341 e. The number of hydrogen-bond acceptors (Lipinski definition) is 4. The largest absolute Gasteiger partial charge is 0.497 e. The van der Waals surface area contributed by atoms with Crippen LogP contribution < -0.4 is 9.47 Å². The Kier molecular flexibility index (Phi) is 3.52. The van der Waals surface area contributed by atoms with Crippen LogP contribution in [0.4, 0.5) is 0 Å². The molecule has 0 unspecified atom stereocenters. The van der Waals surface area contributed by atoms with Gasteiger partial charge in [0.15, 0.2) is 6.61 Å². The van der Waals surface area contributed by atoms with Crippen molar-refractivity contribution >= 4 is 5.97 Å². The van der Waals surface area contributed by atoms with Gasteiger partial charge in [0.05, 0.1) is 12.7 Å². The number of aliphatic carboxylic acids is 1. The molecule has 0 radical (unpaired) electrons. The lowest BCUT2D eigenvalue weighted by Gasteiger charge is -2.07. The van der Waals surface area contributed by atoms with E-state index in [1.165, 1.54) is 19.2 Å². The van der Waals surface area contributed by atoms with Gasteiger partial charge in [0.25, 0.3) is 0 Å². The summed E-state index contributed by atoms with van der Waals surface area (Å²) >= 11 is 0. The molecule has 5 heteroatoms. The first-order chi connectivity index (χ1) is 7.17. The zero-order chi connectivity index (χ0) is 11.3. The van der Waals surface area contributed by atoms with E-state index >= 15 is 0 Å². The van der Waals surface area contributed by atoms with Crippen LogP contribution in [0.15, 0.2) is 18.2 Å². The summed E-state index contributed by atoms with van der Waals surface area (Å²) in [5, 5.41) is 17.2. The molecule has 0 saturated carbocycles. The molecule has 0 aliphatic rings. The van der Waals surface area contributed by atoms with Gasteiger partial charge in [-0.2, -0.15) is 5.26 Å². The zero-order valence-corrected chi connectivity index (χ0v) is 8.06. The molecule has 0 atom stereocenters. The molecule has 0 saturated heterocycles. The molecule has 0 aromatic heterocycles. The SMILES string of the molecule is COc1ccc(C#N)c(OCC(=O)O)c1. The molecule has 78 valence electrons. The minimum absolute atomic E-state index is 0.208. The number of hydrogen-bond donors (Lipinski definition) is 1. The number of benzene rings is 1. The molecule has 0 heterocycles. The first-order valence-electron chi connectivity index (χ1n) is 4.10. The Morgan fingerprint density at radius 3 is 2.87 bits per heavy atom. The van der Waals surface area contributed by atoms with Crippen LogP contribution in [0.2, 0.25) is 0 Å². The van der Waals surface area contributed by atoms with E-state index in [0.29, 0.717) is 5.75 Å². The highest BCUT2D eigenvalue weighted by Crippen LogP contribution is 2.23. The summed E-state index contributed by atoms with van der Waals surface area (Å²) in [7, 11) is 1.47. The molecule has 0 aliphatic heterocycles. The number of carboxylic acids is 1. The Balaban J connectivity index is 2.92. The van der Waals surface area contributed by atoms with Crippen molar-refractivity contribution in [2.24, 2.45) is 0 Å². The van der Waals surface area contributed by atoms with Crippen LogP contribution in [0, 0.1) is 11.3 Å². The number of nitrogens with zero attached hydrogens (tertiary/aromatic N) is 1. The molecule has 0 fully saturated rings. The van der Waals surface area contributed by atoms with Gasteiger partial charge in [-0.3, -0.25) is 0 Å². The van der Waals surface area contributed by atoms with Gasteiger partial charge in [-0.05, 0) is 12.1 Å². The second kappa shape index (κ2) is 4.86. The van der Waals surface area contributed by atoms with Crippen LogP contribution in [-0.4, -0.2) is 24.8 Å². The molecule has 1 aromatic rings. The van der Waals surface area contributed by atoms with Crippen LogP contribution in [0.3, 0.4) is 0 Å². The predicted octanol–water partition coefficient (Wildman–Crippen LogP) is 1.03. The molecule has 0 bridgehead atoms. The Bertz CT molecular complexity index is 408. The smallest absolute Gasteiger partial charge is 0.341 e. The van der Waals surface area contributed by atoms with Crippen LogP contribution in [0.25, 0.3) is 0 Å². The number of nitriles is 1. The summed E-state index contributed by atoms with van der Waals surface area (Å²) in [5.41, 5.74) is 0.275. The number of carboxylic acid groups (broad SMARTS) is 1. The van der Waals surface area contributed by atoms with E-state index in [2.05, 4.69) is 0 Å². The fraction of sp³-hybridized carbons (Fsp3) is 0.200. The van der Waals surface area contributed by atoms with Crippen molar-refractivity contribution in [3.05, 3.63) is 23.8 Å². The van der Waals surface area contributed by atoms with Crippen molar-refractivity contribution in [2.75, 3.05) is 13.7 Å². The van der Waals surface area contributed by atoms with Gasteiger partial charge in [-0.1, -0.05) is 0 Å². The summed E-state index contributed by atoms with van der Waals surface area (Å²) in [6.45, 7) is -0.484. The van der Waals surface area contributed by atoms with Crippen LogP contribution >= 0.6 is 0 Å². The van der Waals surface area contributed by atoms with Crippen molar-refractivity contribution < 1.29 is 19.4 Å². The fourth-order valence-corrected chi connectivity index (χ4v) is 0.981. The number of rotatable bonds is 4. The highest BCUT2D eigenvalue weighted by Gasteiger charge is 2.07. The van der Waals surface area contributed by atoms with E-state index < -0.39 is 12.6 Å². The second-order valence-electron chi connectivity index (χ2n) is 2.66. The molecule has 15 heavy (non-hydrogen) atoms. The van der Waals surface area contributed by atoms with E-state index in [1.54, 1.807) is 6.07 Å². The van der Waals surface area contributed by atoms with Gasteiger partial charge in [-0.15, -0.1) is 0 Å². The summed E-state index contributed by atoms with van der Waals surface area (Å²) in [6, 6.07) is 6.48. The van der Waals surface area contributed by atoms with Crippen molar-refractivity contribution in [1.29, 1.82) is 5.26 Å². The van der Waals surface area contributed by atoms with Crippen LogP contribution in [0.1, 0.15) is 5.56 Å². The maximum absolute atomic E-state index is 10.3. The minimum atomic E-state index is -1.10. The van der Waals surface area contributed by atoms with Gasteiger partial charge in [0, 0.05) is 6.07 Å². The summed E-state index contributed by atoms with van der Waals surface area (Å²) in [6.07, 6.45) is 0. The highest BCUT2D eigenvalue weighted by molar-refractivity contribution is 5.68. The van der Waals surface area contributed by atoms with Crippen molar-refractivity contribution in [2.45, 2.75) is 0 Å². The molecular weight excluding hydrogens is 198 g/mol. The average molecular weight is 207 g/mol. The average Bonchev–Trinajstić information content (AvgIpc) is 2.25. The summed E-state index contributed by atoms with van der Waals surface area (Å²) < 4.78 is 9.85. The lowest BCUT2D eigenvalue weighted by Crippen LogP contribution is -2.10. The normalized spacial score (nSPS) is 9.07. The Hall–Kier alpha value is -2.22.